The number of imide groups is 1. The zero-order valence-corrected chi connectivity index (χ0v) is 16.1. The van der Waals surface area contributed by atoms with Gasteiger partial charge in [0.25, 0.3) is 5.91 Å². The molecule has 0 saturated carbocycles. The molecule has 1 fully saturated rings. The number of fused-ring (bicyclic) bond motifs is 1. The molecular weight excluding hydrogens is 378 g/mol. The summed E-state index contributed by atoms with van der Waals surface area (Å²) in [5.41, 5.74) is 0.219. The zero-order chi connectivity index (χ0) is 19.9. The number of aromatic nitrogens is 1. The van der Waals surface area contributed by atoms with Crippen molar-refractivity contribution in [2.24, 2.45) is 4.99 Å². The number of rotatable bonds is 3. The molecule has 0 spiro atoms. The van der Waals surface area contributed by atoms with E-state index in [1.165, 1.54) is 12.4 Å². The lowest BCUT2D eigenvalue weighted by atomic mass is 9.89. The third-order valence-corrected chi connectivity index (χ3v) is 7.00. The van der Waals surface area contributed by atoms with E-state index in [0.717, 1.165) is 4.90 Å². The molecule has 1 aromatic carbocycles. The van der Waals surface area contributed by atoms with Crippen molar-refractivity contribution in [1.82, 2.24) is 4.98 Å². The zero-order valence-electron chi connectivity index (χ0n) is 15.3. The third kappa shape index (κ3) is 3.24. The van der Waals surface area contributed by atoms with Gasteiger partial charge in [-0.15, -0.1) is 0 Å². The van der Waals surface area contributed by atoms with Gasteiger partial charge < -0.3 is 0 Å². The van der Waals surface area contributed by atoms with Gasteiger partial charge >= 0.3 is 0 Å². The van der Waals surface area contributed by atoms with Crippen LogP contribution in [0.1, 0.15) is 35.2 Å². The van der Waals surface area contributed by atoms with E-state index in [1.807, 2.05) is 0 Å². The second-order valence-electron chi connectivity index (χ2n) is 7.35. The highest BCUT2D eigenvalue weighted by Gasteiger charge is 2.41. The van der Waals surface area contributed by atoms with Crippen LogP contribution >= 0.6 is 0 Å². The van der Waals surface area contributed by atoms with Crippen LogP contribution in [0.15, 0.2) is 53.7 Å². The molecule has 3 heterocycles. The molecule has 2 aliphatic heterocycles. The first kappa shape index (κ1) is 18.5. The quantitative estimate of drug-likeness (QED) is 0.583. The van der Waals surface area contributed by atoms with Crippen molar-refractivity contribution in [2.45, 2.75) is 24.8 Å². The van der Waals surface area contributed by atoms with Gasteiger partial charge in [0.1, 0.15) is 5.82 Å². The number of carbonyl (C=O) groups is 2. The second kappa shape index (κ2) is 6.63. The fourth-order valence-corrected chi connectivity index (χ4v) is 5.71. The van der Waals surface area contributed by atoms with Crippen LogP contribution in [0.25, 0.3) is 0 Å². The number of hydrogen-bond acceptors (Lipinski definition) is 6. The first-order valence-electron chi connectivity index (χ1n) is 8.94. The van der Waals surface area contributed by atoms with Crippen molar-refractivity contribution >= 4 is 33.7 Å². The Kier molecular flexibility index (Phi) is 4.38. The molecule has 4 rings (SSSR count). The predicted molar refractivity (Wildman–Crippen MR) is 105 cm³/mol. The topological polar surface area (TPSA) is 96.8 Å². The normalized spacial score (nSPS) is 26.6. The molecule has 0 radical (unpaired) electrons. The summed E-state index contributed by atoms with van der Waals surface area (Å²) in [4.78, 5) is 35.8. The van der Waals surface area contributed by atoms with Gasteiger partial charge in [0.2, 0.25) is 5.91 Å². The number of nitrogens with zero attached hydrogens (tertiary/aromatic N) is 3. The summed E-state index contributed by atoms with van der Waals surface area (Å²) in [6.07, 6.45) is 3.42. The van der Waals surface area contributed by atoms with E-state index in [2.05, 4.69) is 9.98 Å². The lowest BCUT2D eigenvalue weighted by Crippen LogP contribution is -2.46. The first-order chi connectivity index (χ1) is 13.3. The molecule has 0 bridgehead atoms. The average molecular weight is 397 g/mol. The number of anilines is 1. The maximum Gasteiger partial charge on any atom is 0.266 e. The molecule has 7 nitrogen and oxygen atoms in total. The minimum absolute atomic E-state index is 0.0397. The van der Waals surface area contributed by atoms with Crippen LogP contribution in [-0.2, 0) is 14.6 Å². The second-order valence-corrected chi connectivity index (χ2v) is 9.53. The van der Waals surface area contributed by atoms with Gasteiger partial charge in [-0.3, -0.25) is 14.6 Å². The molecule has 2 aliphatic rings. The Morgan fingerprint density at radius 2 is 1.93 bits per heavy atom. The fraction of sp³-hybridized carbons (Fsp3) is 0.300. The minimum Gasteiger partial charge on any atom is -0.289 e. The van der Waals surface area contributed by atoms with Gasteiger partial charge in [0.15, 0.2) is 9.84 Å². The fourth-order valence-electron chi connectivity index (χ4n) is 3.65. The summed E-state index contributed by atoms with van der Waals surface area (Å²) < 4.78 is 23.7. The molecule has 1 unspecified atom stereocenters. The van der Waals surface area contributed by atoms with E-state index in [4.69, 9.17) is 0 Å². The van der Waals surface area contributed by atoms with E-state index in [0.29, 0.717) is 17.5 Å². The van der Waals surface area contributed by atoms with Crippen LogP contribution in [0.3, 0.4) is 0 Å². The Morgan fingerprint density at radius 3 is 2.61 bits per heavy atom. The molecule has 8 heteroatoms. The average Bonchev–Trinajstić information content (AvgIpc) is 2.96. The highest BCUT2D eigenvalue weighted by atomic mass is 32.2. The minimum atomic E-state index is -3.12. The Hall–Kier alpha value is -2.87. The SMILES string of the molecule is C[C@@]1(N=CC2C(=O)N(c3ccccn3)C(=O)c3ccccc32)CCS(=O)(=O)C1. The maximum absolute atomic E-state index is 13.2. The van der Waals surface area contributed by atoms with Gasteiger partial charge in [-0.2, -0.15) is 0 Å². The molecule has 1 saturated heterocycles. The number of benzene rings is 1. The highest BCUT2D eigenvalue weighted by molar-refractivity contribution is 7.91. The van der Waals surface area contributed by atoms with Gasteiger partial charge in [-0.25, -0.2) is 18.3 Å². The lowest BCUT2D eigenvalue weighted by molar-refractivity contribution is -0.118. The van der Waals surface area contributed by atoms with Gasteiger partial charge in [-0.05, 0) is 37.1 Å². The van der Waals surface area contributed by atoms with E-state index < -0.39 is 33.1 Å². The number of aliphatic imine (C=N–C) groups is 1. The van der Waals surface area contributed by atoms with Gasteiger partial charge in [0, 0.05) is 18.0 Å². The Labute approximate surface area is 163 Å². The van der Waals surface area contributed by atoms with Crippen molar-refractivity contribution in [2.75, 3.05) is 16.4 Å². The standard InChI is InChI=1S/C20H19N3O4S/c1-20(9-11-28(26,27)13-20)22-12-16-14-6-2-3-7-15(14)18(24)23(19(16)25)17-8-4-5-10-21-17/h2-8,10,12,16H,9,11,13H2,1H3/t16?,20-/m1/s1. The number of amides is 2. The molecule has 144 valence electrons. The van der Waals surface area contributed by atoms with Crippen LogP contribution in [0.5, 0.6) is 0 Å². The summed E-state index contributed by atoms with van der Waals surface area (Å²) in [7, 11) is -3.12. The predicted octanol–water partition coefficient (Wildman–Crippen LogP) is 2.00. The molecular formula is C20H19N3O4S. The summed E-state index contributed by atoms with van der Waals surface area (Å²) in [6, 6.07) is 11.9. The summed E-state index contributed by atoms with van der Waals surface area (Å²) >= 11 is 0. The summed E-state index contributed by atoms with van der Waals surface area (Å²) in [5.74, 6) is -1.36. The van der Waals surface area contributed by atoms with Crippen molar-refractivity contribution in [3.8, 4) is 0 Å². The van der Waals surface area contributed by atoms with E-state index in [1.54, 1.807) is 49.4 Å². The van der Waals surface area contributed by atoms with Gasteiger partial charge in [0.05, 0.1) is 23.0 Å². The van der Waals surface area contributed by atoms with Gasteiger partial charge in [-0.1, -0.05) is 24.3 Å². The van der Waals surface area contributed by atoms with Crippen LogP contribution in [-0.4, -0.2) is 48.5 Å². The monoisotopic (exact) mass is 397 g/mol. The summed E-state index contributed by atoms with van der Waals surface area (Å²) in [6.45, 7) is 1.77. The number of pyridine rings is 1. The van der Waals surface area contributed by atoms with Crippen molar-refractivity contribution in [3.05, 3.63) is 59.8 Å². The number of sulfone groups is 1. The Morgan fingerprint density at radius 1 is 1.18 bits per heavy atom. The first-order valence-corrected chi connectivity index (χ1v) is 10.8. The third-order valence-electron chi connectivity index (χ3n) is 5.11. The Balaban J connectivity index is 1.76. The van der Waals surface area contributed by atoms with E-state index >= 15 is 0 Å². The summed E-state index contributed by atoms with van der Waals surface area (Å²) in [5, 5.41) is 0. The van der Waals surface area contributed by atoms with E-state index in [-0.39, 0.29) is 17.3 Å². The van der Waals surface area contributed by atoms with Crippen molar-refractivity contribution in [1.29, 1.82) is 0 Å². The maximum atomic E-state index is 13.2. The van der Waals surface area contributed by atoms with Crippen LogP contribution in [0.2, 0.25) is 0 Å². The smallest absolute Gasteiger partial charge is 0.266 e. The Bertz CT molecular complexity index is 1080. The molecule has 0 N–H and O–H groups in total. The molecule has 2 atom stereocenters. The highest BCUT2D eigenvalue weighted by Crippen LogP contribution is 2.33. The molecule has 2 amide bonds. The number of carbonyl (C=O) groups excluding carboxylic acids is 2. The van der Waals surface area contributed by atoms with Crippen LogP contribution in [0, 0.1) is 0 Å². The largest absolute Gasteiger partial charge is 0.289 e. The van der Waals surface area contributed by atoms with Crippen molar-refractivity contribution in [3.63, 3.8) is 0 Å². The van der Waals surface area contributed by atoms with Crippen LogP contribution in [0.4, 0.5) is 5.82 Å². The molecule has 28 heavy (non-hydrogen) atoms. The molecule has 1 aromatic heterocycles. The number of hydrogen-bond donors (Lipinski definition) is 0. The van der Waals surface area contributed by atoms with E-state index in [9.17, 15) is 18.0 Å². The van der Waals surface area contributed by atoms with Crippen LogP contribution < -0.4 is 4.90 Å². The molecule has 2 aromatic rings. The lowest BCUT2D eigenvalue weighted by Gasteiger charge is -2.30. The molecule has 0 aliphatic carbocycles. The van der Waals surface area contributed by atoms with Crippen molar-refractivity contribution < 1.29 is 18.0 Å².